The summed E-state index contributed by atoms with van der Waals surface area (Å²) in [5, 5.41) is 41.6. The number of nitrogens with zero attached hydrogens (tertiary/aromatic N) is 4. The number of aromatic amines is 2. The van der Waals surface area contributed by atoms with Crippen LogP contribution in [0.15, 0.2) is 60.4 Å². The first kappa shape index (κ1) is 28.2. The van der Waals surface area contributed by atoms with E-state index >= 15 is 0 Å². The Morgan fingerprint density at radius 2 is 1.50 bits per heavy atom. The first-order chi connectivity index (χ1) is 19.1. The molecule has 4 N–H and O–H groups in total. The maximum atomic E-state index is 13.4. The van der Waals surface area contributed by atoms with Gasteiger partial charge in [-0.15, -0.1) is 0 Å². The van der Waals surface area contributed by atoms with Gasteiger partial charge >= 0.3 is 11.9 Å². The van der Waals surface area contributed by atoms with Crippen molar-refractivity contribution in [2.24, 2.45) is 0 Å². The fourth-order valence-electron chi connectivity index (χ4n) is 3.50. The van der Waals surface area contributed by atoms with Gasteiger partial charge in [-0.3, -0.25) is 0 Å². The van der Waals surface area contributed by atoms with E-state index in [2.05, 4.69) is 37.4 Å². The molecule has 0 saturated heterocycles. The van der Waals surface area contributed by atoms with Crippen LogP contribution >= 0.6 is 0 Å². The number of ether oxygens (including phenoxy) is 4. The van der Waals surface area contributed by atoms with Gasteiger partial charge in [-0.1, -0.05) is 24.8 Å². The molecule has 210 valence electrons. The van der Waals surface area contributed by atoms with Crippen LogP contribution in [0.4, 0.5) is 0 Å². The van der Waals surface area contributed by atoms with Crippen molar-refractivity contribution < 1.29 is 38.7 Å². The third-order valence-corrected chi connectivity index (χ3v) is 5.55. The SMILES string of the molecule is C=C(C)C(=O)OC(OC=C(Cc1cccc2n[nH]nc12)C(=O)OC(Oc1cccc2n[nH]nc12)C(C)O)C(C)O. The van der Waals surface area contributed by atoms with E-state index in [0.29, 0.717) is 27.6 Å². The number of hydrogen-bond acceptors (Lipinski definition) is 12. The van der Waals surface area contributed by atoms with Crippen molar-refractivity contribution in [2.75, 3.05) is 0 Å². The summed E-state index contributed by atoms with van der Waals surface area (Å²) in [4.78, 5) is 25.4. The lowest BCUT2D eigenvalue weighted by Gasteiger charge is -2.23. The van der Waals surface area contributed by atoms with Crippen molar-refractivity contribution in [3.05, 3.63) is 65.9 Å². The number of para-hydroxylation sites is 2. The van der Waals surface area contributed by atoms with E-state index in [-0.39, 0.29) is 23.3 Å². The molecule has 40 heavy (non-hydrogen) atoms. The summed E-state index contributed by atoms with van der Waals surface area (Å²) in [5.74, 6) is -1.49. The smallest absolute Gasteiger partial charge is 0.340 e. The van der Waals surface area contributed by atoms with Crippen molar-refractivity contribution in [3.8, 4) is 5.75 Å². The summed E-state index contributed by atoms with van der Waals surface area (Å²) in [6.45, 7) is 7.68. The van der Waals surface area contributed by atoms with Gasteiger partial charge in [0.25, 0.3) is 12.6 Å². The lowest BCUT2D eigenvalue weighted by Crippen LogP contribution is -2.35. The molecule has 2 heterocycles. The summed E-state index contributed by atoms with van der Waals surface area (Å²) in [6.07, 6.45) is -4.46. The Labute approximate surface area is 227 Å². The van der Waals surface area contributed by atoms with Gasteiger partial charge in [-0.05, 0) is 44.5 Å². The van der Waals surface area contributed by atoms with Crippen LogP contribution in [0.5, 0.6) is 5.75 Å². The van der Waals surface area contributed by atoms with Crippen LogP contribution in [0.25, 0.3) is 22.1 Å². The van der Waals surface area contributed by atoms with Crippen LogP contribution in [0.2, 0.25) is 0 Å². The number of H-pyrrole nitrogens is 2. The van der Waals surface area contributed by atoms with Gasteiger partial charge in [-0.25, -0.2) is 9.59 Å². The molecule has 0 fully saturated rings. The monoisotopic (exact) mass is 552 g/mol. The number of carbonyl (C=O) groups excluding carboxylic acids is 2. The van der Waals surface area contributed by atoms with Crippen LogP contribution < -0.4 is 4.74 Å². The second-order valence-corrected chi connectivity index (χ2v) is 8.94. The molecule has 14 heteroatoms. The predicted molar refractivity (Wildman–Crippen MR) is 139 cm³/mol. The molecular weight excluding hydrogens is 524 g/mol. The topological polar surface area (TPSA) is 195 Å². The van der Waals surface area contributed by atoms with Crippen LogP contribution in [0.1, 0.15) is 26.3 Å². The van der Waals surface area contributed by atoms with Crippen LogP contribution in [-0.4, -0.2) is 77.8 Å². The Balaban J connectivity index is 1.61. The highest BCUT2D eigenvalue weighted by atomic mass is 16.7. The maximum absolute atomic E-state index is 13.4. The van der Waals surface area contributed by atoms with E-state index in [4.69, 9.17) is 18.9 Å². The van der Waals surface area contributed by atoms with E-state index in [1.165, 1.54) is 20.8 Å². The first-order valence-electron chi connectivity index (χ1n) is 12.2. The Kier molecular flexibility index (Phi) is 8.71. The van der Waals surface area contributed by atoms with Crippen LogP contribution in [-0.2, 0) is 30.2 Å². The zero-order valence-electron chi connectivity index (χ0n) is 21.9. The Hall–Kier alpha value is -4.82. The molecular formula is C26H28N6O8. The molecule has 0 radical (unpaired) electrons. The van der Waals surface area contributed by atoms with E-state index in [1.807, 2.05) is 0 Å². The van der Waals surface area contributed by atoms with E-state index in [1.54, 1.807) is 36.4 Å². The fraction of sp³-hybridized carbons (Fsp3) is 0.308. The summed E-state index contributed by atoms with van der Waals surface area (Å²) >= 11 is 0. The van der Waals surface area contributed by atoms with Crippen LogP contribution in [0, 0.1) is 0 Å². The van der Waals surface area contributed by atoms with Gasteiger partial charge in [0.2, 0.25) is 0 Å². The summed E-state index contributed by atoms with van der Waals surface area (Å²) in [6, 6.07) is 10.2. The third-order valence-electron chi connectivity index (χ3n) is 5.55. The molecule has 2 aromatic carbocycles. The maximum Gasteiger partial charge on any atom is 0.340 e. The van der Waals surface area contributed by atoms with Gasteiger partial charge in [-0.2, -0.15) is 30.8 Å². The van der Waals surface area contributed by atoms with E-state index in [0.717, 1.165) is 6.26 Å². The average molecular weight is 553 g/mol. The number of aliphatic hydroxyl groups excluding tert-OH is 2. The number of nitrogens with one attached hydrogen (secondary N) is 2. The van der Waals surface area contributed by atoms with Crippen molar-refractivity contribution in [1.29, 1.82) is 0 Å². The minimum absolute atomic E-state index is 0.0604. The fourth-order valence-corrected chi connectivity index (χ4v) is 3.50. The lowest BCUT2D eigenvalue weighted by atomic mass is 10.0. The highest BCUT2D eigenvalue weighted by molar-refractivity contribution is 5.90. The summed E-state index contributed by atoms with van der Waals surface area (Å²) in [5.41, 5.74) is 2.57. The molecule has 4 aromatic rings. The minimum Gasteiger partial charge on any atom is -0.459 e. The van der Waals surface area contributed by atoms with Crippen molar-refractivity contribution in [2.45, 2.75) is 52.0 Å². The number of esters is 2. The normalized spacial score (nSPS) is 14.8. The standard InChI is InChI=1S/C26H28N6O8/c1-13(2)23(35)39-25(14(3)33)37-12-17(11-16-7-5-8-18-21(16)29-31-27-18)24(36)40-26(15(4)34)38-20-10-6-9-19-22(20)30-32-28-19/h5-10,12,14-15,25-26,33-34H,1,11H2,2-4H3,(H,27,29,31)(H,28,30,32). The Morgan fingerprint density at radius 1 is 0.900 bits per heavy atom. The number of aromatic nitrogens is 6. The molecule has 0 bridgehead atoms. The molecule has 2 aromatic heterocycles. The second-order valence-electron chi connectivity index (χ2n) is 8.94. The van der Waals surface area contributed by atoms with Crippen molar-refractivity contribution in [1.82, 2.24) is 30.8 Å². The molecule has 4 unspecified atom stereocenters. The van der Waals surface area contributed by atoms with Gasteiger partial charge in [0.1, 0.15) is 28.8 Å². The molecule has 4 atom stereocenters. The van der Waals surface area contributed by atoms with Gasteiger partial charge in [0, 0.05) is 12.0 Å². The average Bonchev–Trinajstić information content (AvgIpc) is 3.59. The quantitative estimate of drug-likeness (QED) is 0.0863. The van der Waals surface area contributed by atoms with Crippen LogP contribution in [0.3, 0.4) is 0 Å². The third kappa shape index (κ3) is 6.59. The number of carbonyl (C=O) groups is 2. The largest absolute Gasteiger partial charge is 0.459 e. The zero-order valence-corrected chi connectivity index (χ0v) is 21.9. The Morgan fingerprint density at radius 3 is 2.15 bits per heavy atom. The highest BCUT2D eigenvalue weighted by Gasteiger charge is 2.27. The van der Waals surface area contributed by atoms with Crippen molar-refractivity contribution in [3.63, 3.8) is 0 Å². The molecule has 4 rings (SSSR count). The number of rotatable bonds is 12. The zero-order chi connectivity index (χ0) is 28.8. The number of aliphatic hydroxyl groups is 2. The Bertz CT molecular complexity index is 1540. The second kappa shape index (κ2) is 12.4. The molecule has 0 aliphatic heterocycles. The molecule has 0 aliphatic carbocycles. The number of hydrogen-bond donors (Lipinski definition) is 4. The molecule has 0 saturated carbocycles. The molecule has 0 aliphatic rings. The highest BCUT2D eigenvalue weighted by Crippen LogP contribution is 2.25. The van der Waals surface area contributed by atoms with E-state index in [9.17, 15) is 19.8 Å². The van der Waals surface area contributed by atoms with Gasteiger partial charge < -0.3 is 29.2 Å². The molecule has 0 spiro atoms. The lowest BCUT2D eigenvalue weighted by molar-refractivity contribution is -0.183. The predicted octanol–water partition coefficient (Wildman–Crippen LogP) is 1.83. The van der Waals surface area contributed by atoms with E-state index < -0.39 is 36.7 Å². The molecule has 14 nitrogen and oxygen atoms in total. The number of fused-ring (bicyclic) bond motifs is 2. The first-order valence-corrected chi connectivity index (χ1v) is 12.2. The summed E-state index contributed by atoms with van der Waals surface area (Å²) < 4.78 is 22.0. The number of benzene rings is 2. The van der Waals surface area contributed by atoms with Crippen molar-refractivity contribution >= 4 is 34.0 Å². The van der Waals surface area contributed by atoms with Gasteiger partial charge in [0.15, 0.2) is 11.3 Å². The molecule has 0 amide bonds. The summed E-state index contributed by atoms with van der Waals surface area (Å²) in [7, 11) is 0. The van der Waals surface area contributed by atoms with Gasteiger partial charge in [0.05, 0.1) is 11.8 Å². The minimum atomic E-state index is -1.46.